The van der Waals surface area contributed by atoms with Crippen LogP contribution in [-0.2, 0) is 14.8 Å². The van der Waals surface area contributed by atoms with Gasteiger partial charge in [0.2, 0.25) is 15.9 Å². The minimum Gasteiger partial charge on any atom is -0.495 e. The molecule has 0 spiro atoms. The number of nitrogens with one attached hydrogen (secondary N) is 1. The summed E-state index contributed by atoms with van der Waals surface area (Å²) in [5.74, 6) is -0.805. The number of hydrogen-bond donors (Lipinski definition) is 1. The Hall–Kier alpha value is -1.67. The Kier molecular flexibility index (Phi) is 5.02. The number of carbonyl (C=O) groups excluding carboxylic acids is 1. The highest BCUT2D eigenvalue weighted by Gasteiger charge is 2.33. The fourth-order valence-corrected chi connectivity index (χ4v) is 4.19. The molecule has 6 nitrogen and oxygen atoms in total. The van der Waals surface area contributed by atoms with E-state index >= 15 is 0 Å². The van der Waals surface area contributed by atoms with Crippen molar-refractivity contribution >= 4 is 15.9 Å². The first kappa shape index (κ1) is 16.7. The fourth-order valence-electron chi connectivity index (χ4n) is 2.55. The molecule has 0 radical (unpaired) electrons. The zero-order chi connectivity index (χ0) is 16.3. The van der Waals surface area contributed by atoms with Crippen LogP contribution in [0.1, 0.15) is 12.8 Å². The predicted molar refractivity (Wildman–Crippen MR) is 78.5 cm³/mol. The van der Waals surface area contributed by atoms with E-state index in [4.69, 9.17) is 4.74 Å². The van der Waals surface area contributed by atoms with Gasteiger partial charge in [-0.15, -0.1) is 0 Å². The lowest BCUT2D eigenvalue weighted by molar-refractivity contribution is -0.125. The molecule has 0 saturated carbocycles. The van der Waals surface area contributed by atoms with E-state index in [0.29, 0.717) is 12.8 Å². The van der Waals surface area contributed by atoms with E-state index in [-0.39, 0.29) is 35.6 Å². The van der Waals surface area contributed by atoms with Gasteiger partial charge < -0.3 is 10.1 Å². The van der Waals surface area contributed by atoms with E-state index in [9.17, 15) is 17.6 Å². The SMILES string of the molecule is CNC(=O)C1CCN(S(=O)(=O)c2cc(F)ccc2OC)CC1. The van der Waals surface area contributed by atoms with Crippen LogP contribution in [0.5, 0.6) is 5.75 Å². The molecule has 1 N–H and O–H groups in total. The third kappa shape index (κ3) is 3.22. The van der Waals surface area contributed by atoms with Crippen molar-refractivity contribution < 1.29 is 22.3 Å². The van der Waals surface area contributed by atoms with Gasteiger partial charge in [0.1, 0.15) is 16.5 Å². The first-order valence-electron chi connectivity index (χ1n) is 6.95. The van der Waals surface area contributed by atoms with E-state index in [2.05, 4.69) is 5.32 Å². The van der Waals surface area contributed by atoms with Gasteiger partial charge in [0.15, 0.2) is 0 Å². The second-order valence-corrected chi connectivity index (χ2v) is 6.99. The number of benzene rings is 1. The maximum absolute atomic E-state index is 13.4. The zero-order valence-electron chi connectivity index (χ0n) is 12.5. The maximum atomic E-state index is 13.4. The Morgan fingerprint density at radius 2 is 2.00 bits per heavy atom. The van der Waals surface area contributed by atoms with Crippen LogP contribution in [0, 0.1) is 11.7 Å². The number of nitrogens with zero attached hydrogens (tertiary/aromatic N) is 1. The number of carbonyl (C=O) groups is 1. The average molecular weight is 330 g/mol. The smallest absolute Gasteiger partial charge is 0.246 e. The molecule has 0 aromatic heterocycles. The van der Waals surface area contributed by atoms with Gasteiger partial charge in [0, 0.05) is 26.1 Å². The van der Waals surface area contributed by atoms with Crippen molar-refractivity contribution in [2.45, 2.75) is 17.7 Å². The highest BCUT2D eigenvalue weighted by atomic mass is 32.2. The van der Waals surface area contributed by atoms with Crippen LogP contribution in [0.15, 0.2) is 23.1 Å². The molecule has 1 aromatic carbocycles. The van der Waals surface area contributed by atoms with Crippen molar-refractivity contribution in [2.75, 3.05) is 27.2 Å². The largest absolute Gasteiger partial charge is 0.495 e. The van der Waals surface area contributed by atoms with Crippen LogP contribution in [-0.4, -0.2) is 45.9 Å². The lowest BCUT2D eigenvalue weighted by Crippen LogP contribution is -2.42. The number of hydrogen-bond acceptors (Lipinski definition) is 4. The van der Waals surface area contributed by atoms with Crippen molar-refractivity contribution in [1.82, 2.24) is 9.62 Å². The molecule has 1 heterocycles. The Labute approximate surface area is 129 Å². The summed E-state index contributed by atoms with van der Waals surface area (Å²) in [6.45, 7) is 0.445. The first-order chi connectivity index (χ1) is 10.4. The summed E-state index contributed by atoms with van der Waals surface area (Å²) in [6.07, 6.45) is 0.882. The summed E-state index contributed by atoms with van der Waals surface area (Å²) in [6, 6.07) is 3.40. The number of methoxy groups -OCH3 is 1. The summed E-state index contributed by atoms with van der Waals surface area (Å²) in [4.78, 5) is 11.4. The minimum atomic E-state index is -3.85. The Bertz CT molecular complexity index is 655. The van der Waals surface area contributed by atoms with Gasteiger partial charge in [-0.05, 0) is 31.0 Å². The lowest BCUT2D eigenvalue weighted by Gasteiger charge is -2.30. The third-order valence-electron chi connectivity index (χ3n) is 3.81. The molecule has 1 aliphatic heterocycles. The second kappa shape index (κ2) is 6.62. The number of amides is 1. The van der Waals surface area contributed by atoms with Crippen molar-refractivity contribution in [3.8, 4) is 5.75 Å². The highest BCUT2D eigenvalue weighted by Crippen LogP contribution is 2.30. The molecule has 0 unspecified atom stereocenters. The van der Waals surface area contributed by atoms with Crippen LogP contribution in [0.3, 0.4) is 0 Å². The van der Waals surface area contributed by atoms with Crippen LogP contribution in [0.2, 0.25) is 0 Å². The van der Waals surface area contributed by atoms with Gasteiger partial charge in [-0.3, -0.25) is 4.79 Å². The number of halogens is 1. The number of ether oxygens (including phenoxy) is 1. The Morgan fingerprint density at radius 1 is 1.36 bits per heavy atom. The van der Waals surface area contributed by atoms with E-state index in [1.54, 1.807) is 7.05 Å². The average Bonchev–Trinajstić information content (AvgIpc) is 2.54. The van der Waals surface area contributed by atoms with Crippen molar-refractivity contribution in [2.24, 2.45) is 5.92 Å². The number of rotatable bonds is 4. The van der Waals surface area contributed by atoms with Crippen LogP contribution in [0.25, 0.3) is 0 Å². The normalized spacial score (nSPS) is 17.2. The predicted octanol–water partition coefficient (Wildman–Crippen LogP) is 0.981. The van der Waals surface area contributed by atoms with E-state index in [1.807, 2.05) is 0 Å². The fraction of sp³-hybridized carbons (Fsp3) is 0.500. The van der Waals surface area contributed by atoms with Gasteiger partial charge in [0.05, 0.1) is 7.11 Å². The molecule has 1 aliphatic rings. The van der Waals surface area contributed by atoms with Crippen LogP contribution in [0.4, 0.5) is 4.39 Å². The van der Waals surface area contributed by atoms with Crippen molar-refractivity contribution in [3.05, 3.63) is 24.0 Å². The molecule has 1 aromatic rings. The van der Waals surface area contributed by atoms with E-state index < -0.39 is 15.8 Å². The molecule has 2 rings (SSSR count). The molecule has 22 heavy (non-hydrogen) atoms. The number of piperidine rings is 1. The van der Waals surface area contributed by atoms with Gasteiger partial charge in [-0.1, -0.05) is 0 Å². The van der Waals surface area contributed by atoms with E-state index in [0.717, 1.165) is 12.1 Å². The summed E-state index contributed by atoms with van der Waals surface area (Å²) in [5.41, 5.74) is 0. The molecule has 1 saturated heterocycles. The molecule has 1 fully saturated rings. The Morgan fingerprint density at radius 3 is 2.55 bits per heavy atom. The summed E-state index contributed by atoms with van der Waals surface area (Å²) >= 11 is 0. The van der Waals surface area contributed by atoms with Gasteiger partial charge in [0.25, 0.3) is 0 Å². The minimum absolute atomic E-state index is 0.0830. The first-order valence-corrected chi connectivity index (χ1v) is 8.39. The summed E-state index contributed by atoms with van der Waals surface area (Å²) in [5, 5.41) is 2.57. The second-order valence-electron chi connectivity index (χ2n) is 5.09. The molecule has 8 heteroatoms. The lowest BCUT2D eigenvalue weighted by atomic mass is 9.97. The van der Waals surface area contributed by atoms with Crippen molar-refractivity contribution in [1.29, 1.82) is 0 Å². The molecule has 122 valence electrons. The van der Waals surface area contributed by atoms with Gasteiger partial charge in [-0.25, -0.2) is 12.8 Å². The molecule has 0 aliphatic carbocycles. The highest BCUT2D eigenvalue weighted by molar-refractivity contribution is 7.89. The van der Waals surface area contributed by atoms with Crippen molar-refractivity contribution in [3.63, 3.8) is 0 Å². The molecule has 1 amide bonds. The zero-order valence-corrected chi connectivity index (χ0v) is 13.3. The molecular weight excluding hydrogens is 311 g/mol. The maximum Gasteiger partial charge on any atom is 0.246 e. The Balaban J connectivity index is 2.22. The molecule has 0 atom stereocenters. The van der Waals surface area contributed by atoms with Crippen LogP contribution >= 0.6 is 0 Å². The molecule has 0 bridgehead atoms. The number of sulfonamides is 1. The summed E-state index contributed by atoms with van der Waals surface area (Å²) in [7, 11) is -0.951. The van der Waals surface area contributed by atoms with Gasteiger partial charge >= 0.3 is 0 Å². The van der Waals surface area contributed by atoms with Crippen LogP contribution < -0.4 is 10.1 Å². The molecular formula is C14H19FN2O4S. The summed E-state index contributed by atoms with van der Waals surface area (Å²) < 4.78 is 45.0. The van der Waals surface area contributed by atoms with Gasteiger partial charge in [-0.2, -0.15) is 4.31 Å². The standard InChI is InChI=1S/C14H19FN2O4S/c1-16-14(18)10-5-7-17(8-6-10)22(19,20)13-9-11(15)3-4-12(13)21-2/h3-4,9-10H,5-8H2,1-2H3,(H,16,18). The van der Waals surface area contributed by atoms with E-state index in [1.165, 1.54) is 17.5 Å². The topological polar surface area (TPSA) is 75.7 Å². The third-order valence-corrected chi connectivity index (χ3v) is 5.73. The quantitative estimate of drug-likeness (QED) is 0.893. The monoisotopic (exact) mass is 330 g/mol.